The number of aryl methyl sites for hydroxylation is 1. The van der Waals surface area contributed by atoms with Crippen molar-refractivity contribution in [1.82, 2.24) is 10.1 Å². The third kappa shape index (κ3) is 6.04. The zero-order chi connectivity index (χ0) is 15.0. The van der Waals surface area contributed by atoms with Gasteiger partial charge < -0.3 is 10.3 Å². The van der Waals surface area contributed by atoms with E-state index in [-0.39, 0.29) is 11.5 Å². The van der Waals surface area contributed by atoms with Crippen LogP contribution >= 0.6 is 0 Å². The SMILES string of the molecule is CCCCCCCCCc1nc(C(N)C(C)(C)C)no1. The number of unbranched alkanes of at least 4 members (excludes halogenated alkanes) is 6. The van der Waals surface area contributed by atoms with Crippen molar-refractivity contribution in [1.29, 1.82) is 0 Å². The van der Waals surface area contributed by atoms with Crippen LogP contribution in [0.15, 0.2) is 4.52 Å². The van der Waals surface area contributed by atoms with Gasteiger partial charge in [-0.05, 0) is 11.8 Å². The zero-order valence-corrected chi connectivity index (χ0v) is 13.6. The topological polar surface area (TPSA) is 64.9 Å². The van der Waals surface area contributed by atoms with Gasteiger partial charge >= 0.3 is 0 Å². The molecule has 0 aliphatic heterocycles. The monoisotopic (exact) mass is 281 g/mol. The molecule has 1 aromatic heterocycles. The summed E-state index contributed by atoms with van der Waals surface area (Å²) in [6, 6.07) is -0.172. The molecule has 20 heavy (non-hydrogen) atoms. The molecular formula is C16H31N3O. The molecule has 2 N–H and O–H groups in total. The van der Waals surface area contributed by atoms with Crippen molar-refractivity contribution in [2.24, 2.45) is 11.1 Å². The number of nitrogens with two attached hydrogens (primary N) is 1. The van der Waals surface area contributed by atoms with Crippen molar-refractivity contribution in [2.75, 3.05) is 0 Å². The lowest BCUT2D eigenvalue weighted by atomic mass is 9.87. The fourth-order valence-corrected chi connectivity index (χ4v) is 2.12. The molecule has 0 saturated carbocycles. The molecule has 1 unspecified atom stereocenters. The summed E-state index contributed by atoms with van der Waals surface area (Å²) in [7, 11) is 0. The van der Waals surface area contributed by atoms with Crippen LogP contribution in [-0.2, 0) is 6.42 Å². The van der Waals surface area contributed by atoms with Gasteiger partial charge in [-0.15, -0.1) is 0 Å². The van der Waals surface area contributed by atoms with Crippen molar-refractivity contribution < 1.29 is 4.52 Å². The first-order chi connectivity index (χ1) is 9.45. The predicted octanol–water partition coefficient (Wildman–Crippen LogP) is 4.41. The van der Waals surface area contributed by atoms with Crippen LogP contribution in [-0.4, -0.2) is 10.1 Å². The van der Waals surface area contributed by atoms with Gasteiger partial charge in [0.25, 0.3) is 0 Å². The highest BCUT2D eigenvalue weighted by molar-refractivity contribution is 4.97. The van der Waals surface area contributed by atoms with Crippen molar-refractivity contribution in [3.05, 3.63) is 11.7 Å². The standard InChI is InChI=1S/C16H31N3O/c1-5-6-7-8-9-10-11-12-13-18-15(19-20-13)14(17)16(2,3)4/h14H,5-12,17H2,1-4H3. The van der Waals surface area contributed by atoms with Crippen molar-refractivity contribution in [2.45, 2.75) is 85.1 Å². The lowest BCUT2D eigenvalue weighted by molar-refractivity contribution is 0.300. The van der Waals surface area contributed by atoms with Gasteiger partial charge in [-0.1, -0.05) is 71.4 Å². The summed E-state index contributed by atoms with van der Waals surface area (Å²) in [5.41, 5.74) is 6.08. The Morgan fingerprint density at radius 1 is 1.05 bits per heavy atom. The van der Waals surface area contributed by atoms with Crippen LogP contribution in [0.2, 0.25) is 0 Å². The average Bonchev–Trinajstić information content (AvgIpc) is 2.84. The summed E-state index contributed by atoms with van der Waals surface area (Å²) in [5.74, 6) is 1.36. The number of rotatable bonds is 9. The molecule has 4 heteroatoms. The quantitative estimate of drug-likeness (QED) is 0.681. The summed E-state index contributed by atoms with van der Waals surface area (Å²) in [6.07, 6.45) is 9.92. The molecule has 0 aromatic carbocycles. The minimum atomic E-state index is -0.172. The Kier molecular flexibility index (Phi) is 7.20. The fourth-order valence-electron chi connectivity index (χ4n) is 2.12. The third-order valence-electron chi connectivity index (χ3n) is 3.69. The molecule has 0 spiro atoms. The van der Waals surface area contributed by atoms with Crippen molar-refractivity contribution in [3.63, 3.8) is 0 Å². The maximum Gasteiger partial charge on any atom is 0.226 e. The van der Waals surface area contributed by atoms with Gasteiger partial charge in [0.2, 0.25) is 5.89 Å². The lowest BCUT2D eigenvalue weighted by Crippen LogP contribution is -2.27. The van der Waals surface area contributed by atoms with E-state index in [0.29, 0.717) is 5.82 Å². The Labute approximate surface area is 123 Å². The molecule has 0 saturated heterocycles. The highest BCUT2D eigenvalue weighted by Gasteiger charge is 2.26. The van der Waals surface area contributed by atoms with Crippen LogP contribution < -0.4 is 5.73 Å². The molecule has 1 aromatic rings. The van der Waals surface area contributed by atoms with E-state index in [0.717, 1.165) is 18.7 Å². The van der Waals surface area contributed by atoms with Crippen LogP contribution in [0, 0.1) is 5.41 Å². The first-order valence-electron chi connectivity index (χ1n) is 8.03. The number of hydrogen-bond donors (Lipinski definition) is 1. The maximum absolute atomic E-state index is 6.12. The Morgan fingerprint density at radius 3 is 2.25 bits per heavy atom. The van der Waals surface area contributed by atoms with E-state index in [9.17, 15) is 0 Å². The van der Waals surface area contributed by atoms with Crippen LogP contribution in [0.1, 0.15) is 90.4 Å². The minimum absolute atomic E-state index is 0.0412. The molecule has 1 atom stereocenters. The molecule has 0 aliphatic carbocycles. The summed E-state index contributed by atoms with van der Waals surface area (Å²) in [5, 5.41) is 4.01. The van der Waals surface area contributed by atoms with Crippen LogP contribution in [0.4, 0.5) is 0 Å². The molecule has 0 fully saturated rings. The van der Waals surface area contributed by atoms with E-state index in [1.807, 2.05) is 0 Å². The zero-order valence-electron chi connectivity index (χ0n) is 13.6. The molecule has 0 bridgehead atoms. The lowest BCUT2D eigenvalue weighted by Gasteiger charge is -2.23. The van der Waals surface area contributed by atoms with E-state index >= 15 is 0 Å². The molecular weight excluding hydrogens is 250 g/mol. The highest BCUT2D eigenvalue weighted by atomic mass is 16.5. The molecule has 1 rings (SSSR count). The Bertz CT molecular complexity index is 368. The van der Waals surface area contributed by atoms with Gasteiger partial charge in [-0.2, -0.15) is 4.98 Å². The van der Waals surface area contributed by atoms with Crippen LogP contribution in [0.25, 0.3) is 0 Å². The average molecular weight is 281 g/mol. The summed E-state index contributed by atoms with van der Waals surface area (Å²) in [4.78, 5) is 4.42. The van der Waals surface area contributed by atoms with E-state index in [2.05, 4.69) is 37.8 Å². The molecule has 0 aliphatic rings. The van der Waals surface area contributed by atoms with Gasteiger partial charge in [-0.25, -0.2) is 0 Å². The first-order valence-corrected chi connectivity index (χ1v) is 8.03. The second-order valence-electron chi connectivity index (χ2n) is 6.76. The highest BCUT2D eigenvalue weighted by Crippen LogP contribution is 2.28. The number of aromatic nitrogens is 2. The van der Waals surface area contributed by atoms with Gasteiger partial charge in [-0.3, -0.25) is 0 Å². The van der Waals surface area contributed by atoms with E-state index < -0.39 is 0 Å². The van der Waals surface area contributed by atoms with E-state index in [1.165, 1.54) is 38.5 Å². The van der Waals surface area contributed by atoms with Gasteiger partial charge in [0, 0.05) is 6.42 Å². The summed E-state index contributed by atoms with van der Waals surface area (Å²) < 4.78 is 5.28. The molecule has 0 radical (unpaired) electrons. The summed E-state index contributed by atoms with van der Waals surface area (Å²) >= 11 is 0. The second-order valence-corrected chi connectivity index (χ2v) is 6.76. The molecule has 1 heterocycles. The van der Waals surface area contributed by atoms with Gasteiger partial charge in [0.15, 0.2) is 5.82 Å². The number of hydrogen-bond acceptors (Lipinski definition) is 4. The Hall–Kier alpha value is -0.900. The maximum atomic E-state index is 6.12. The first kappa shape index (κ1) is 17.2. The van der Waals surface area contributed by atoms with Crippen molar-refractivity contribution in [3.8, 4) is 0 Å². The normalized spacial score (nSPS) is 13.7. The smallest absolute Gasteiger partial charge is 0.226 e. The fraction of sp³-hybridized carbons (Fsp3) is 0.875. The predicted molar refractivity (Wildman–Crippen MR) is 82.4 cm³/mol. The van der Waals surface area contributed by atoms with E-state index in [1.54, 1.807) is 0 Å². The molecule has 4 nitrogen and oxygen atoms in total. The van der Waals surface area contributed by atoms with E-state index in [4.69, 9.17) is 10.3 Å². The summed E-state index contributed by atoms with van der Waals surface area (Å²) in [6.45, 7) is 8.51. The Balaban J connectivity index is 2.24. The Morgan fingerprint density at radius 2 is 1.65 bits per heavy atom. The molecule has 116 valence electrons. The third-order valence-corrected chi connectivity index (χ3v) is 3.69. The van der Waals surface area contributed by atoms with Crippen LogP contribution in [0.3, 0.4) is 0 Å². The largest absolute Gasteiger partial charge is 0.339 e. The molecule has 0 amide bonds. The van der Waals surface area contributed by atoms with Crippen molar-refractivity contribution >= 4 is 0 Å². The van der Waals surface area contributed by atoms with Gasteiger partial charge in [0.05, 0.1) is 6.04 Å². The minimum Gasteiger partial charge on any atom is -0.339 e. The second kappa shape index (κ2) is 8.40. The number of nitrogens with zero attached hydrogens (tertiary/aromatic N) is 2. The van der Waals surface area contributed by atoms with Crippen LogP contribution in [0.5, 0.6) is 0 Å². The van der Waals surface area contributed by atoms with Gasteiger partial charge in [0.1, 0.15) is 0 Å².